The smallest absolute Gasteiger partial charge is 0.225 e. The summed E-state index contributed by atoms with van der Waals surface area (Å²) in [5.74, 6) is 2.40. The summed E-state index contributed by atoms with van der Waals surface area (Å²) in [6.07, 6.45) is 3.13. The third-order valence-corrected chi connectivity index (χ3v) is 7.86. The number of rotatable bonds is 10. The molecule has 0 aromatic rings. The monoisotopic (exact) mass is 483 g/mol. The van der Waals surface area contributed by atoms with Gasteiger partial charge >= 0.3 is 0 Å². The average Bonchev–Trinajstić information content (AvgIpc) is 2.77. The molecule has 0 aliphatic carbocycles. The molecule has 1 saturated heterocycles. The van der Waals surface area contributed by atoms with E-state index >= 15 is 0 Å². The third kappa shape index (κ3) is 7.92. The second kappa shape index (κ2) is 12.9. The van der Waals surface area contributed by atoms with Crippen LogP contribution in [0.3, 0.4) is 0 Å². The lowest BCUT2D eigenvalue weighted by Gasteiger charge is -2.44. The van der Waals surface area contributed by atoms with E-state index in [1.807, 2.05) is 22.9 Å². The van der Waals surface area contributed by atoms with Gasteiger partial charge in [0, 0.05) is 49.3 Å². The molecule has 7 nitrogen and oxygen atoms in total. The molecule has 6 atom stereocenters. The lowest BCUT2D eigenvalue weighted by molar-refractivity contribution is -0.137. The molecular weight excluding hydrogens is 434 g/mol. The lowest BCUT2D eigenvalue weighted by atomic mass is 9.89. The first-order valence-corrected chi connectivity index (χ1v) is 14.0. The van der Waals surface area contributed by atoms with E-state index in [1.54, 1.807) is 0 Å². The molecule has 2 rings (SSSR count). The molecule has 0 spiro atoms. The van der Waals surface area contributed by atoms with Gasteiger partial charge in [0.1, 0.15) is 12.4 Å². The number of carbonyl (C=O) groups excluding carboxylic acids is 1. The van der Waals surface area contributed by atoms with Crippen molar-refractivity contribution in [1.82, 2.24) is 15.1 Å². The van der Waals surface area contributed by atoms with Crippen LogP contribution in [0.25, 0.3) is 0 Å². The summed E-state index contributed by atoms with van der Waals surface area (Å²) in [5.41, 5.74) is 6.45. The van der Waals surface area contributed by atoms with Crippen molar-refractivity contribution in [2.24, 2.45) is 33.9 Å². The van der Waals surface area contributed by atoms with Crippen molar-refractivity contribution < 1.29 is 9.90 Å². The Bertz CT molecular complexity index is 633. The first-order chi connectivity index (χ1) is 15.5. The Kier molecular flexibility index (Phi) is 11.1. The minimum Gasteiger partial charge on any atom is -0.378 e. The number of nitrogens with zero attached hydrogens (tertiary/aromatic N) is 3. The molecule has 2 aliphatic heterocycles. The number of hydrogen-bond donors (Lipinski definition) is 3. The summed E-state index contributed by atoms with van der Waals surface area (Å²) in [7, 11) is 0. The van der Waals surface area contributed by atoms with Gasteiger partial charge in [-0.1, -0.05) is 48.5 Å². The maximum absolute atomic E-state index is 13.3. The van der Waals surface area contributed by atoms with E-state index in [1.165, 1.54) is 0 Å². The van der Waals surface area contributed by atoms with Gasteiger partial charge in [-0.25, -0.2) is 0 Å². The first kappa shape index (κ1) is 28.6. The number of carbonyl (C=O) groups is 1. The molecule has 2 heterocycles. The Hall–Kier alpha value is -0.670. The van der Waals surface area contributed by atoms with Gasteiger partial charge in [-0.05, 0) is 30.6 Å². The highest BCUT2D eigenvalue weighted by atomic mass is 32.2. The number of hydrogen-bond acceptors (Lipinski definition) is 7. The van der Waals surface area contributed by atoms with Crippen molar-refractivity contribution in [3.63, 3.8) is 0 Å². The minimum absolute atomic E-state index is 0.0167. The number of aliphatic imine (C=N–C) groups is 1. The van der Waals surface area contributed by atoms with Crippen molar-refractivity contribution in [1.29, 1.82) is 0 Å². The molecule has 1 amide bonds. The van der Waals surface area contributed by atoms with Crippen molar-refractivity contribution >= 4 is 23.9 Å². The number of thioether (sulfide) groups is 1. The SMILES string of the molecule is CC[C@@H](C[C@@H](CC)N(CC(C)C)C(O)C1C=NC(C(C)(C)C)NC1N)C(=O)N1CCSCC1. The van der Waals surface area contributed by atoms with Gasteiger partial charge in [0.25, 0.3) is 0 Å². The molecule has 0 aromatic heterocycles. The number of nitrogens with one attached hydrogen (secondary N) is 1. The van der Waals surface area contributed by atoms with Crippen LogP contribution in [0.2, 0.25) is 0 Å². The molecule has 192 valence electrons. The largest absolute Gasteiger partial charge is 0.378 e. The Morgan fingerprint density at radius 2 is 1.91 bits per heavy atom. The zero-order valence-corrected chi connectivity index (χ0v) is 22.8. The maximum Gasteiger partial charge on any atom is 0.225 e. The predicted octanol–water partition coefficient (Wildman–Crippen LogP) is 2.98. The van der Waals surface area contributed by atoms with Crippen LogP contribution in [-0.2, 0) is 4.79 Å². The van der Waals surface area contributed by atoms with Crippen LogP contribution in [0.1, 0.15) is 67.7 Å². The summed E-state index contributed by atoms with van der Waals surface area (Å²) in [4.78, 5) is 22.2. The highest BCUT2D eigenvalue weighted by Crippen LogP contribution is 2.28. The van der Waals surface area contributed by atoms with Gasteiger partial charge in [0.2, 0.25) is 5.91 Å². The van der Waals surface area contributed by atoms with E-state index in [2.05, 4.69) is 58.7 Å². The summed E-state index contributed by atoms with van der Waals surface area (Å²) in [5, 5.41) is 14.9. The van der Waals surface area contributed by atoms with Crippen LogP contribution in [-0.4, -0.2) is 82.8 Å². The fraction of sp³-hybridized carbons (Fsp3) is 0.920. The van der Waals surface area contributed by atoms with E-state index in [0.29, 0.717) is 5.92 Å². The quantitative estimate of drug-likeness (QED) is 0.414. The third-order valence-electron chi connectivity index (χ3n) is 6.91. The average molecular weight is 484 g/mol. The minimum atomic E-state index is -0.747. The highest BCUT2D eigenvalue weighted by Gasteiger charge is 2.39. The molecule has 33 heavy (non-hydrogen) atoms. The van der Waals surface area contributed by atoms with Crippen molar-refractivity contribution in [2.45, 2.75) is 92.3 Å². The molecule has 0 saturated carbocycles. The van der Waals surface area contributed by atoms with Gasteiger partial charge in [0.05, 0.1) is 12.1 Å². The molecule has 2 aliphatic rings. The molecule has 4 N–H and O–H groups in total. The first-order valence-electron chi connectivity index (χ1n) is 12.8. The summed E-state index contributed by atoms with van der Waals surface area (Å²) >= 11 is 1.92. The van der Waals surface area contributed by atoms with Crippen LogP contribution in [0.4, 0.5) is 0 Å². The van der Waals surface area contributed by atoms with Crippen LogP contribution < -0.4 is 11.1 Å². The van der Waals surface area contributed by atoms with Crippen molar-refractivity contribution in [3.05, 3.63) is 0 Å². The van der Waals surface area contributed by atoms with Gasteiger partial charge in [-0.15, -0.1) is 0 Å². The second-order valence-electron chi connectivity index (χ2n) is 11.2. The van der Waals surface area contributed by atoms with Crippen LogP contribution in [0.15, 0.2) is 4.99 Å². The Labute approximate surface area is 206 Å². The van der Waals surface area contributed by atoms with E-state index in [-0.39, 0.29) is 41.5 Å². The number of aliphatic hydroxyl groups is 1. The topological polar surface area (TPSA) is 94.2 Å². The Balaban J connectivity index is 2.18. The normalized spacial score (nSPS) is 27.1. The molecular formula is C25H49N5O2S. The van der Waals surface area contributed by atoms with Gasteiger partial charge < -0.3 is 15.7 Å². The van der Waals surface area contributed by atoms with Crippen LogP contribution in [0.5, 0.6) is 0 Å². The molecule has 0 aromatic carbocycles. The fourth-order valence-electron chi connectivity index (χ4n) is 4.82. The lowest BCUT2D eigenvalue weighted by Crippen LogP contribution is -2.62. The van der Waals surface area contributed by atoms with Gasteiger partial charge in [0.15, 0.2) is 0 Å². The van der Waals surface area contributed by atoms with Crippen molar-refractivity contribution in [2.75, 3.05) is 31.1 Å². The summed E-state index contributed by atoms with van der Waals surface area (Å²) in [6, 6.07) is 0.108. The Morgan fingerprint density at radius 3 is 2.39 bits per heavy atom. The second-order valence-corrected chi connectivity index (χ2v) is 12.4. The molecule has 4 unspecified atom stereocenters. The highest BCUT2D eigenvalue weighted by molar-refractivity contribution is 7.99. The van der Waals surface area contributed by atoms with Gasteiger partial charge in [-0.3, -0.25) is 20.0 Å². The molecule has 8 heteroatoms. The molecule has 0 bridgehead atoms. The van der Waals surface area contributed by atoms with Crippen LogP contribution in [0, 0.1) is 23.2 Å². The zero-order valence-electron chi connectivity index (χ0n) is 22.0. The summed E-state index contributed by atoms with van der Waals surface area (Å²) < 4.78 is 0. The van der Waals surface area contributed by atoms with E-state index < -0.39 is 6.23 Å². The molecule has 1 fully saturated rings. The van der Waals surface area contributed by atoms with Crippen molar-refractivity contribution in [3.8, 4) is 0 Å². The maximum atomic E-state index is 13.3. The fourth-order valence-corrected chi connectivity index (χ4v) is 5.72. The zero-order chi connectivity index (χ0) is 24.8. The standard InChI is InChI=1S/C25H49N5O2S/c1-8-18(22(31)29-10-12-33-13-11-29)14-19(9-2)30(16-17(3)4)23(32)20-15-27-24(25(5,6)7)28-21(20)26/h15,17-21,23-24,28,32H,8-14,16,26H2,1-7H3/t18-,19+,20?,21?,23?,24?/m0/s1. The number of aliphatic hydroxyl groups excluding tert-OH is 1. The summed E-state index contributed by atoms with van der Waals surface area (Å²) in [6.45, 7) is 17.5. The predicted molar refractivity (Wildman–Crippen MR) is 140 cm³/mol. The van der Waals surface area contributed by atoms with E-state index in [4.69, 9.17) is 10.7 Å². The van der Waals surface area contributed by atoms with E-state index in [0.717, 1.165) is 50.4 Å². The van der Waals surface area contributed by atoms with E-state index in [9.17, 15) is 9.90 Å². The Morgan fingerprint density at radius 1 is 1.27 bits per heavy atom. The molecule has 0 radical (unpaired) electrons. The van der Waals surface area contributed by atoms with Crippen LogP contribution >= 0.6 is 11.8 Å². The number of nitrogens with two attached hydrogens (primary N) is 1. The number of amides is 1. The van der Waals surface area contributed by atoms with Gasteiger partial charge in [-0.2, -0.15) is 11.8 Å².